The van der Waals surface area contributed by atoms with E-state index in [-0.39, 0.29) is 12.0 Å². The van der Waals surface area contributed by atoms with Gasteiger partial charge in [-0.15, -0.1) is 0 Å². The molecule has 16 heavy (non-hydrogen) atoms. The predicted molar refractivity (Wildman–Crippen MR) is 64.4 cm³/mol. The maximum atomic E-state index is 11.5. The maximum Gasteiger partial charge on any atom is 0.221 e. The van der Waals surface area contributed by atoms with Gasteiger partial charge in [0, 0.05) is 32.2 Å². The highest BCUT2D eigenvalue weighted by Gasteiger charge is 2.15. The van der Waals surface area contributed by atoms with Crippen LogP contribution in [0.2, 0.25) is 0 Å². The third-order valence-corrected chi connectivity index (χ3v) is 3.01. The first-order valence-electron chi connectivity index (χ1n) is 6.34. The van der Waals surface area contributed by atoms with Crippen molar-refractivity contribution in [2.24, 2.45) is 0 Å². The number of ether oxygens (including phenoxy) is 1. The first kappa shape index (κ1) is 13.5. The quantitative estimate of drug-likeness (QED) is 0.685. The van der Waals surface area contributed by atoms with Crippen LogP contribution in [-0.4, -0.2) is 37.7 Å². The van der Waals surface area contributed by atoms with Crippen molar-refractivity contribution in [3.63, 3.8) is 0 Å². The lowest BCUT2D eigenvalue weighted by Crippen LogP contribution is -2.35. The van der Waals surface area contributed by atoms with Gasteiger partial charge in [0.2, 0.25) is 5.91 Å². The van der Waals surface area contributed by atoms with Gasteiger partial charge in [-0.1, -0.05) is 6.92 Å². The van der Waals surface area contributed by atoms with Gasteiger partial charge in [0.1, 0.15) is 0 Å². The Kier molecular flexibility index (Phi) is 6.42. The molecule has 1 rings (SSSR count). The van der Waals surface area contributed by atoms with Crippen LogP contribution in [0.15, 0.2) is 0 Å². The summed E-state index contributed by atoms with van der Waals surface area (Å²) in [5.41, 5.74) is 0. The molecule has 0 aromatic rings. The van der Waals surface area contributed by atoms with Crippen LogP contribution in [0.1, 0.15) is 39.5 Å². The normalized spacial score (nSPS) is 22.0. The molecule has 4 nitrogen and oxygen atoms in total. The molecule has 0 bridgehead atoms. The second-order valence-corrected chi connectivity index (χ2v) is 4.45. The van der Waals surface area contributed by atoms with Crippen molar-refractivity contribution in [1.29, 1.82) is 0 Å². The Labute approximate surface area is 98.1 Å². The van der Waals surface area contributed by atoms with E-state index >= 15 is 0 Å². The maximum absolute atomic E-state index is 11.5. The van der Waals surface area contributed by atoms with E-state index in [4.69, 9.17) is 4.74 Å². The van der Waals surface area contributed by atoms with E-state index in [1.54, 1.807) is 0 Å². The summed E-state index contributed by atoms with van der Waals surface area (Å²) in [6.45, 7) is 6.53. The predicted octanol–water partition coefficient (Wildman–Crippen LogP) is 1.06. The van der Waals surface area contributed by atoms with Crippen LogP contribution < -0.4 is 10.6 Å². The fourth-order valence-corrected chi connectivity index (χ4v) is 1.70. The van der Waals surface area contributed by atoms with E-state index in [0.29, 0.717) is 19.0 Å². The summed E-state index contributed by atoms with van der Waals surface area (Å²) in [6.07, 6.45) is 4.09. The molecule has 1 amide bonds. The summed E-state index contributed by atoms with van der Waals surface area (Å²) < 4.78 is 5.43. The van der Waals surface area contributed by atoms with E-state index in [9.17, 15) is 4.79 Å². The zero-order chi connectivity index (χ0) is 11.8. The van der Waals surface area contributed by atoms with E-state index in [1.165, 1.54) is 0 Å². The van der Waals surface area contributed by atoms with E-state index in [0.717, 1.165) is 32.4 Å². The Balaban J connectivity index is 1.97. The number of carbonyl (C=O) groups excluding carboxylic acids is 1. The molecular weight excluding hydrogens is 204 g/mol. The molecule has 4 heteroatoms. The van der Waals surface area contributed by atoms with Gasteiger partial charge in [0.25, 0.3) is 0 Å². The third kappa shape index (κ3) is 5.47. The molecule has 0 aromatic carbocycles. The lowest BCUT2D eigenvalue weighted by Gasteiger charge is -2.12. The molecule has 1 aliphatic heterocycles. The van der Waals surface area contributed by atoms with Gasteiger partial charge < -0.3 is 15.4 Å². The number of nitrogens with one attached hydrogen (secondary N) is 2. The molecule has 0 aliphatic carbocycles. The fourth-order valence-electron chi connectivity index (χ4n) is 1.70. The lowest BCUT2D eigenvalue weighted by atomic mass is 10.2. The SMILES string of the molecule is CCC(C)NCCC(=O)NCC1CCCO1. The minimum atomic E-state index is 0.117. The minimum Gasteiger partial charge on any atom is -0.376 e. The summed E-state index contributed by atoms with van der Waals surface area (Å²) >= 11 is 0. The highest BCUT2D eigenvalue weighted by atomic mass is 16.5. The van der Waals surface area contributed by atoms with Crippen molar-refractivity contribution in [2.75, 3.05) is 19.7 Å². The Morgan fingerprint density at radius 3 is 3.00 bits per heavy atom. The monoisotopic (exact) mass is 228 g/mol. The zero-order valence-electron chi connectivity index (χ0n) is 10.4. The number of hydrogen-bond donors (Lipinski definition) is 2. The molecule has 0 aromatic heterocycles. The first-order valence-corrected chi connectivity index (χ1v) is 6.34. The summed E-state index contributed by atoms with van der Waals surface area (Å²) in [5.74, 6) is 0.117. The van der Waals surface area contributed by atoms with Crippen molar-refractivity contribution in [1.82, 2.24) is 10.6 Å². The van der Waals surface area contributed by atoms with Gasteiger partial charge in [-0.2, -0.15) is 0 Å². The smallest absolute Gasteiger partial charge is 0.221 e. The highest BCUT2D eigenvalue weighted by Crippen LogP contribution is 2.10. The summed E-state index contributed by atoms with van der Waals surface area (Å²) in [5, 5.41) is 6.21. The van der Waals surface area contributed by atoms with Gasteiger partial charge in [-0.05, 0) is 26.2 Å². The van der Waals surface area contributed by atoms with Crippen molar-refractivity contribution in [3.05, 3.63) is 0 Å². The molecule has 1 aliphatic rings. The van der Waals surface area contributed by atoms with Crippen LogP contribution >= 0.6 is 0 Å². The Bertz CT molecular complexity index is 203. The van der Waals surface area contributed by atoms with Crippen LogP contribution in [0, 0.1) is 0 Å². The van der Waals surface area contributed by atoms with Crippen LogP contribution in [-0.2, 0) is 9.53 Å². The number of rotatable bonds is 7. The summed E-state index contributed by atoms with van der Waals surface area (Å²) in [6, 6.07) is 0.492. The number of amides is 1. The molecule has 1 fully saturated rings. The van der Waals surface area contributed by atoms with Gasteiger partial charge in [0.05, 0.1) is 6.10 Å². The second-order valence-electron chi connectivity index (χ2n) is 4.45. The molecular formula is C12H24N2O2. The summed E-state index contributed by atoms with van der Waals surface area (Å²) in [4.78, 5) is 11.5. The van der Waals surface area contributed by atoms with Crippen molar-refractivity contribution in [3.8, 4) is 0 Å². The average Bonchev–Trinajstić information content (AvgIpc) is 2.79. The van der Waals surface area contributed by atoms with Crippen LogP contribution in [0.3, 0.4) is 0 Å². The third-order valence-electron chi connectivity index (χ3n) is 3.01. The van der Waals surface area contributed by atoms with Gasteiger partial charge in [-0.3, -0.25) is 4.79 Å². The molecule has 0 spiro atoms. The van der Waals surface area contributed by atoms with Gasteiger partial charge in [0.15, 0.2) is 0 Å². The molecule has 0 radical (unpaired) electrons. The molecule has 2 unspecified atom stereocenters. The molecule has 1 saturated heterocycles. The fraction of sp³-hybridized carbons (Fsp3) is 0.917. The van der Waals surface area contributed by atoms with Crippen LogP contribution in [0.25, 0.3) is 0 Å². The van der Waals surface area contributed by atoms with E-state index in [2.05, 4.69) is 24.5 Å². The van der Waals surface area contributed by atoms with Crippen molar-refractivity contribution in [2.45, 2.75) is 51.7 Å². The molecule has 0 saturated carbocycles. The van der Waals surface area contributed by atoms with Crippen molar-refractivity contribution >= 4 is 5.91 Å². The molecule has 2 N–H and O–H groups in total. The lowest BCUT2D eigenvalue weighted by molar-refractivity contribution is -0.121. The van der Waals surface area contributed by atoms with E-state index < -0.39 is 0 Å². The second kappa shape index (κ2) is 7.63. The topological polar surface area (TPSA) is 50.4 Å². The largest absolute Gasteiger partial charge is 0.376 e. The number of carbonyl (C=O) groups is 1. The molecule has 1 heterocycles. The number of hydrogen-bond acceptors (Lipinski definition) is 3. The first-order chi connectivity index (χ1) is 7.72. The van der Waals surface area contributed by atoms with E-state index in [1.807, 2.05) is 0 Å². The van der Waals surface area contributed by atoms with Crippen molar-refractivity contribution < 1.29 is 9.53 Å². The summed E-state index contributed by atoms with van der Waals surface area (Å²) in [7, 11) is 0. The van der Waals surface area contributed by atoms with Crippen LogP contribution in [0.4, 0.5) is 0 Å². The zero-order valence-corrected chi connectivity index (χ0v) is 10.4. The van der Waals surface area contributed by atoms with Crippen LogP contribution in [0.5, 0.6) is 0 Å². The average molecular weight is 228 g/mol. The standard InChI is InChI=1S/C12H24N2O2/c1-3-10(2)13-7-6-12(15)14-9-11-5-4-8-16-11/h10-11,13H,3-9H2,1-2H3,(H,14,15). The Morgan fingerprint density at radius 2 is 2.38 bits per heavy atom. The van der Waals surface area contributed by atoms with Gasteiger partial charge >= 0.3 is 0 Å². The Morgan fingerprint density at radius 1 is 1.56 bits per heavy atom. The Hall–Kier alpha value is -0.610. The molecule has 2 atom stereocenters. The molecule has 94 valence electrons. The van der Waals surface area contributed by atoms with Gasteiger partial charge in [-0.25, -0.2) is 0 Å². The minimum absolute atomic E-state index is 0.117. The highest BCUT2D eigenvalue weighted by molar-refractivity contribution is 5.76.